The van der Waals surface area contributed by atoms with Gasteiger partial charge in [0.15, 0.2) is 17.3 Å². The van der Waals surface area contributed by atoms with E-state index in [4.69, 9.17) is 9.72 Å². The largest absolute Gasteiger partial charge is 0.507 e. The zero-order valence-electron chi connectivity index (χ0n) is 22.3. The third-order valence-corrected chi connectivity index (χ3v) is 8.14. The molecule has 1 aliphatic carbocycles. The van der Waals surface area contributed by atoms with E-state index in [2.05, 4.69) is 10.3 Å². The van der Waals surface area contributed by atoms with E-state index < -0.39 is 28.5 Å². The maximum Gasteiger partial charge on any atom is 0.194 e. The Morgan fingerprint density at radius 1 is 1.21 bits per heavy atom. The number of carbonyl (C=O) groups excluding carboxylic acids is 3. The highest BCUT2D eigenvalue weighted by atomic mass is 32.2. The van der Waals surface area contributed by atoms with Gasteiger partial charge in [-0.05, 0) is 58.3 Å². The molecule has 0 amide bonds. The molecule has 0 spiro atoms. The number of allylic oxidation sites excluding steroid dienone is 4. The molecule has 2 aromatic carbocycles. The smallest absolute Gasteiger partial charge is 0.194 e. The Morgan fingerprint density at radius 3 is 2.59 bits per heavy atom. The van der Waals surface area contributed by atoms with Gasteiger partial charge in [0.05, 0.1) is 28.2 Å². The Bertz CT molecular complexity index is 1600. The van der Waals surface area contributed by atoms with E-state index >= 15 is 0 Å². The lowest BCUT2D eigenvalue weighted by Gasteiger charge is -2.29. The lowest BCUT2D eigenvalue weighted by Crippen LogP contribution is -2.41. The second kappa shape index (κ2) is 9.60. The third kappa shape index (κ3) is 4.01. The van der Waals surface area contributed by atoms with Crippen molar-refractivity contribution in [3.05, 3.63) is 69.9 Å². The van der Waals surface area contributed by atoms with Gasteiger partial charge >= 0.3 is 0 Å². The Kier molecular flexibility index (Phi) is 6.54. The van der Waals surface area contributed by atoms with Gasteiger partial charge in [-0.3, -0.25) is 14.4 Å². The average Bonchev–Trinajstić information content (AvgIpc) is 3.44. The number of rotatable bonds is 7. The summed E-state index contributed by atoms with van der Waals surface area (Å²) in [6.07, 6.45) is 3.90. The number of H-pyrrole nitrogens is 1. The van der Waals surface area contributed by atoms with Crippen LogP contribution in [-0.2, 0) is 15.0 Å². The summed E-state index contributed by atoms with van der Waals surface area (Å²) >= 11 is 1.67. The summed E-state index contributed by atoms with van der Waals surface area (Å²) in [6.45, 7) is 5.93. The van der Waals surface area contributed by atoms with E-state index in [1.54, 1.807) is 25.6 Å². The number of thioether (sulfide) groups is 1. The molecule has 9 nitrogen and oxygen atoms in total. The van der Waals surface area contributed by atoms with E-state index in [0.29, 0.717) is 17.9 Å². The maximum atomic E-state index is 14.1. The number of para-hydroxylation sites is 2. The summed E-state index contributed by atoms with van der Waals surface area (Å²) in [4.78, 5) is 47.9. The molecule has 0 saturated heterocycles. The van der Waals surface area contributed by atoms with Crippen LogP contribution >= 0.6 is 11.8 Å². The predicted octanol–water partition coefficient (Wildman–Crippen LogP) is 4.53. The van der Waals surface area contributed by atoms with Crippen molar-refractivity contribution < 1.29 is 29.3 Å². The van der Waals surface area contributed by atoms with Gasteiger partial charge in [-0.2, -0.15) is 11.8 Å². The van der Waals surface area contributed by atoms with Crippen LogP contribution in [0.2, 0.25) is 0 Å². The number of aromatic nitrogens is 2. The number of nitrogens with zero attached hydrogens (tertiary/aromatic N) is 1. The zero-order valence-corrected chi connectivity index (χ0v) is 23.1. The summed E-state index contributed by atoms with van der Waals surface area (Å²) in [5.74, 6) is -1.000. The number of nitrogens with one attached hydrogen (secondary N) is 2. The standard InChI is InChI=1S/C29H29N3O6S/c1-13-24(35)22(15(3)33)26-23(25(13)36)29(4)20(38-26)12-19(34)21(27(29)37)14(2)30-18(10-11-39-5)28-31-16-8-6-7-9-17(16)32-28/h6-9,12,18,30,35-36H,10-11H2,1-5H3,(H,31,32)/b21-14+/t18-,29-/m1/s1. The molecule has 0 radical (unpaired) electrons. The van der Waals surface area contributed by atoms with E-state index in [-0.39, 0.29) is 45.6 Å². The first-order valence-corrected chi connectivity index (χ1v) is 13.9. The predicted molar refractivity (Wildman–Crippen MR) is 148 cm³/mol. The maximum absolute atomic E-state index is 14.1. The molecule has 2 heterocycles. The topological polar surface area (TPSA) is 142 Å². The van der Waals surface area contributed by atoms with Crippen LogP contribution in [0.1, 0.15) is 60.5 Å². The van der Waals surface area contributed by atoms with Crippen LogP contribution in [0, 0.1) is 6.92 Å². The van der Waals surface area contributed by atoms with Crippen molar-refractivity contribution in [1.29, 1.82) is 0 Å². The molecule has 39 heavy (non-hydrogen) atoms. The number of phenols is 2. The van der Waals surface area contributed by atoms with Crippen LogP contribution in [0.15, 0.2) is 47.4 Å². The van der Waals surface area contributed by atoms with Gasteiger partial charge in [0.1, 0.15) is 39.8 Å². The normalized spacial score (nSPS) is 20.3. The van der Waals surface area contributed by atoms with Crippen LogP contribution < -0.4 is 10.1 Å². The fourth-order valence-electron chi connectivity index (χ4n) is 5.35. The van der Waals surface area contributed by atoms with Crippen molar-refractivity contribution in [1.82, 2.24) is 15.3 Å². The summed E-state index contributed by atoms with van der Waals surface area (Å²) in [6, 6.07) is 7.36. The fourth-order valence-corrected chi connectivity index (χ4v) is 5.82. The van der Waals surface area contributed by atoms with Gasteiger partial charge in [-0.25, -0.2) is 4.98 Å². The molecule has 10 heteroatoms. The Labute approximate surface area is 229 Å². The van der Waals surface area contributed by atoms with Crippen molar-refractivity contribution in [2.75, 3.05) is 12.0 Å². The average molecular weight is 548 g/mol. The number of carbonyl (C=O) groups is 3. The van der Waals surface area contributed by atoms with Gasteiger partial charge in [0.2, 0.25) is 0 Å². The van der Waals surface area contributed by atoms with Gasteiger partial charge in [-0.15, -0.1) is 0 Å². The number of hydrogen-bond donors (Lipinski definition) is 4. The Morgan fingerprint density at radius 2 is 1.92 bits per heavy atom. The number of aromatic amines is 1. The third-order valence-electron chi connectivity index (χ3n) is 7.50. The first-order chi connectivity index (χ1) is 18.5. The second-order valence-electron chi connectivity index (χ2n) is 10.0. The molecule has 202 valence electrons. The van der Waals surface area contributed by atoms with Gasteiger partial charge in [-0.1, -0.05) is 12.1 Å². The summed E-state index contributed by atoms with van der Waals surface area (Å²) in [5.41, 5.74) is 0.399. The number of imidazole rings is 1. The first-order valence-electron chi connectivity index (χ1n) is 12.5. The summed E-state index contributed by atoms with van der Waals surface area (Å²) < 4.78 is 5.85. The molecule has 2 atom stereocenters. The molecular weight excluding hydrogens is 518 g/mol. The number of aromatic hydroxyl groups is 2. The van der Waals surface area contributed by atoms with E-state index in [1.165, 1.54) is 19.9 Å². The van der Waals surface area contributed by atoms with Crippen LogP contribution in [0.5, 0.6) is 17.2 Å². The quantitative estimate of drug-likeness (QED) is 0.191. The lowest BCUT2D eigenvalue weighted by molar-refractivity contribution is -0.123. The highest BCUT2D eigenvalue weighted by Gasteiger charge is 2.56. The fraction of sp³-hybridized carbons (Fsp3) is 0.310. The van der Waals surface area contributed by atoms with Crippen LogP contribution in [0.3, 0.4) is 0 Å². The van der Waals surface area contributed by atoms with Gasteiger partial charge in [0.25, 0.3) is 0 Å². The summed E-state index contributed by atoms with van der Waals surface area (Å²) in [7, 11) is 0. The molecule has 1 aliphatic heterocycles. The number of ether oxygens (including phenoxy) is 1. The number of benzene rings is 2. The molecule has 0 fully saturated rings. The second-order valence-corrected chi connectivity index (χ2v) is 11.0. The molecule has 0 unspecified atom stereocenters. The molecule has 2 aliphatic rings. The van der Waals surface area contributed by atoms with E-state index in [1.807, 2.05) is 30.5 Å². The van der Waals surface area contributed by atoms with Crippen molar-refractivity contribution >= 4 is 40.1 Å². The molecule has 0 saturated carbocycles. The van der Waals surface area contributed by atoms with Crippen LogP contribution in [0.25, 0.3) is 11.0 Å². The zero-order chi connectivity index (χ0) is 28.2. The van der Waals surface area contributed by atoms with Gasteiger partial charge < -0.3 is 25.3 Å². The van der Waals surface area contributed by atoms with Crippen LogP contribution in [0.4, 0.5) is 0 Å². The highest BCUT2D eigenvalue weighted by Crippen LogP contribution is 2.57. The minimum absolute atomic E-state index is 0.00284. The number of phenolic OH excluding ortho intramolecular Hbond substituents is 2. The van der Waals surface area contributed by atoms with Crippen molar-refractivity contribution in [2.45, 2.75) is 45.6 Å². The molecule has 0 bridgehead atoms. The van der Waals surface area contributed by atoms with Gasteiger partial charge in [0, 0.05) is 17.3 Å². The minimum atomic E-state index is -1.57. The van der Waals surface area contributed by atoms with Crippen LogP contribution in [-0.4, -0.2) is 49.5 Å². The molecule has 3 aromatic rings. The number of hydrogen-bond acceptors (Lipinski definition) is 9. The van der Waals surface area contributed by atoms with Crippen molar-refractivity contribution in [3.63, 3.8) is 0 Å². The SMILES string of the molecule is CSCC[C@@H](N/C(C)=C1\C(=O)C=C2Oc3c(C(C)=O)c(O)c(C)c(O)c3[C@]2(C)C1=O)c1nc2ccccc2[nH]1. The van der Waals surface area contributed by atoms with Crippen molar-refractivity contribution in [3.8, 4) is 17.2 Å². The molecular formula is C29H29N3O6S. The van der Waals surface area contributed by atoms with Crippen molar-refractivity contribution in [2.24, 2.45) is 0 Å². The number of fused-ring (bicyclic) bond motifs is 4. The van der Waals surface area contributed by atoms with E-state index in [0.717, 1.165) is 16.8 Å². The Balaban J connectivity index is 1.60. The Hall–Kier alpha value is -4.05. The van der Waals surface area contributed by atoms with E-state index in [9.17, 15) is 24.6 Å². The molecule has 1 aromatic heterocycles. The summed E-state index contributed by atoms with van der Waals surface area (Å²) in [5, 5.41) is 24.9. The number of ketones is 3. The molecule has 5 rings (SSSR count). The molecule has 4 N–H and O–H groups in total. The first kappa shape index (κ1) is 26.6. The monoisotopic (exact) mass is 547 g/mol. The lowest BCUT2D eigenvalue weighted by atomic mass is 9.70. The highest BCUT2D eigenvalue weighted by molar-refractivity contribution is 7.98. The number of Topliss-reactive ketones (excluding diaryl/α,β-unsaturated/α-hetero) is 2. The minimum Gasteiger partial charge on any atom is -0.507 e.